The number of nitrogens with two attached hydrogens (primary N) is 1. The van der Waals surface area contributed by atoms with Gasteiger partial charge in [-0.3, -0.25) is 0 Å². The van der Waals surface area contributed by atoms with Crippen LogP contribution in [0.4, 0.5) is 0 Å². The van der Waals surface area contributed by atoms with Crippen molar-refractivity contribution in [3.63, 3.8) is 0 Å². The zero-order valence-electron chi connectivity index (χ0n) is 9.04. The molecule has 0 saturated carbocycles. The molecule has 0 bridgehead atoms. The second kappa shape index (κ2) is 5.25. The van der Waals surface area contributed by atoms with Crippen LogP contribution in [-0.2, 0) is 0 Å². The highest BCUT2D eigenvalue weighted by Gasteiger charge is 2.11. The molecule has 15 heavy (non-hydrogen) atoms. The van der Waals surface area contributed by atoms with Crippen molar-refractivity contribution < 1.29 is 9.47 Å². The fraction of sp³-hybridized carbons (Fsp3) is 0.250. The maximum absolute atomic E-state index is 5.59. The molecule has 3 heteroatoms. The number of hydrogen-bond acceptors (Lipinski definition) is 3. The molecule has 0 heterocycles. The van der Waals surface area contributed by atoms with Crippen LogP contribution in [0.3, 0.4) is 0 Å². The molecule has 0 aliphatic heterocycles. The molecule has 0 atom stereocenters. The van der Waals surface area contributed by atoms with E-state index in [0.717, 1.165) is 11.1 Å². The molecular formula is C12H15NO2. The van der Waals surface area contributed by atoms with Crippen molar-refractivity contribution in [2.24, 2.45) is 5.73 Å². The average Bonchev–Trinajstić information content (AvgIpc) is 2.30. The number of ether oxygens (including phenoxy) is 2. The Balaban J connectivity index is 3.34. The van der Waals surface area contributed by atoms with Crippen LogP contribution in [-0.4, -0.2) is 20.8 Å². The van der Waals surface area contributed by atoms with E-state index < -0.39 is 0 Å². The molecule has 3 nitrogen and oxygen atoms in total. The third-order valence-corrected chi connectivity index (χ3v) is 2.15. The summed E-state index contributed by atoms with van der Waals surface area (Å²) in [5.41, 5.74) is 10.1. The monoisotopic (exact) mass is 205 g/mol. The molecule has 0 saturated heterocycles. The van der Waals surface area contributed by atoms with Gasteiger partial charge in [0, 0.05) is 17.7 Å². The number of benzene rings is 1. The van der Waals surface area contributed by atoms with E-state index in [2.05, 4.69) is 12.3 Å². The summed E-state index contributed by atoms with van der Waals surface area (Å²) in [5, 5.41) is 0. The average molecular weight is 205 g/mol. The lowest BCUT2D eigenvalue weighted by molar-refractivity contribution is 0.354. The van der Waals surface area contributed by atoms with E-state index in [0.29, 0.717) is 18.0 Å². The second-order valence-corrected chi connectivity index (χ2v) is 2.90. The van der Waals surface area contributed by atoms with E-state index in [1.807, 2.05) is 18.2 Å². The predicted octanol–water partition coefficient (Wildman–Crippen LogP) is 1.83. The van der Waals surface area contributed by atoms with Crippen LogP contribution in [0.15, 0.2) is 30.5 Å². The molecular weight excluding hydrogens is 190 g/mol. The van der Waals surface area contributed by atoms with Gasteiger partial charge in [0.2, 0.25) is 0 Å². The van der Waals surface area contributed by atoms with Gasteiger partial charge in [0.05, 0.1) is 14.2 Å². The second-order valence-electron chi connectivity index (χ2n) is 2.90. The SMILES string of the molecule is C=C=C(CN)c1cccc(OC)c1OC. The van der Waals surface area contributed by atoms with Crippen LogP contribution in [0, 0.1) is 0 Å². The Hall–Kier alpha value is -1.70. The number of methoxy groups -OCH3 is 2. The topological polar surface area (TPSA) is 44.5 Å². The maximum Gasteiger partial charge on any atom is 0.168 e. The first kappa shape index (κ1) is 11.4. The van der Waals surface area contributed by atoms with Crippen molar-refractivity contribution in [1.29, 1.82) is 0 Å². The van der Waals surface area contributed by atoms with Crippen molar-refractivity contribution >= 4 is 5.57 Å². The number of hydrogen-bond donors (Lipinski definition) is 1. The molecule has 1 aromatic carbocycles. The van der Waals surface area contributed by atoms with Crippen LogP contribution >= 0.6 is 0 Å². The molecule has 0 radical (unpaired) electrons. The van der Waals surface area contributed by atoms with Gasteiger partial charge in [0.25, 0.3) is 0 Å². The van der Waals surface area contributed by atoms with Gasteiger partial charge >= 0.3 is 0 Å². The smallest absolute Gasteiger partial charge is 0.168 e. The van der Waals surface area contributed by atoms with E-state index in [9.17, 15) is 0 Å². The van der Waals surface area contributed by atoms with Gasteiger partial charge in [-0.05, 0) is 6.07 Å². The Bertz CT molecular complexity index is 393. The lowest BCUT2D eigenvalue weighted by Crippen LogP contribution is -2.03. The molecule has 80 valence electrons. The van der Waals surface area contributed by atoms with E-state index >= 15 is 0 Å². The molecule has 1 rings (SSSR count). The van der Waals surface area contributed by atoms with Crippen LogP contribution in [0.25, 0.3) is 5.57 Å². The van der Waals surface area contributed by atoms with Gasteiger partial charge in [-0.15, -0.1) is 5.73 Å². The minimum absolute atomic E-state index is 0.368. The van der Waals surface area contributed by atoms with Gasteiger partial charge in [0.15, 0.2) is 11.5 Å². The quantitative estimate of drug-likeness (QED) is 0.763. The summed E-state index contributed by atoms with van der Waals surface area (Å²) >= 11 is 0. The first-order chi connectivity index (χ1) is 7.28. The minimum Gasteiger partial charge on any atom is -0.493 e. The zero-order valence-corrected chi connectivity index (χ0v) is 9.04. The fourth-order valence-corrected chi connectivity index (χ4v) is 1.40. The van der Waals surface area contributed by atoms with Gasteiger partial charge in [-0.1, -0.05) is 18.7 Å². The van der Waals surface area contributed by atoms with Crippen LogP contribution in [0.2, 0.25) is 0 Å². The molecule has 2 N–H and O–H groups in total. The van der Waals surface area contributed by atoms with Crippen molar-refractivity contribution in [1.82, 2.24) is 0 Å². The summed E-state index contributed by atoms with van der Waals surface area (Å²) in [6.07, 6.45) is 0. The molecule has 0 aliphatic carbocycles. The van der Waals surface area contributed by atoms with E-state index in [4.69, 9.17) is 15.2 Å². The lowest BCUT2D eigenvalue weighted by Gasteiger charge is -2.12. The lowest BCUT2D eigenvalue weighted by atomic mass is 10.1. The van der Waals surface area contributed by atoms with Crippen LogP contribution < -0.4 is 15.2 Å². The summed E-state index contributed by atoms with van der Waals surface area (Å²) in [7, 11) is 3.19. The molecule has 0 unspecified atom stereocenters. The Morgan fingerprint density at radius 2 is 2.13 bits per heavy atom. The number of para-hydroxylation sites is 1. The fourth-order valence-electron chi connectivity index (χ4n) is 1.40. The van der Waals surface area contributed by atoms with Gasteiger partial charge < -0.3 is 15.2 Å². The number of rotatable bonds is 4. The summed E-state index contributed by atoms with van der Waals surface area (Å²) < 4.78 is 10.5. The van der Waals surface area contributed by atoms with Gasteiger partial charge in [0.1, 0.15) is 0 Å². The molecule has 1 aromatic rings. The first-order valence-electron chi connectivity index (χ1n) is 4.58. The molecule has 0 spiro atoms. The molecule has 0 aromatic heterocycles. The van der Waals surface area contributed by atoms with Gasteiger partial charge in [-0.2, -0.15) is 0 Å². The highest BCUT2D eigenvalue weighted by Crippen LogP contribution is 2.34. The van der Waals surface area contributed by atoms with Crippen LogP contribution in [0.5, 0.6) is 11.5 Å². The maximum atomic E-state index is 5.59. The van der Waals surface area contributed by atoms with E-state index in [-0.39, 0.29) is 0 Å². The highest BCUT2D eigenvalue weighted by atomic mass is 16.5. The Morgan fingerprint density at radius 3 is 2.60 bits per heavy atom. The molecule has 0 aliphatic rings. The van der Waals surface area contributed by atoms with E-state index in [1.165, 1.54) is 0 Å². The third-order valence-electron chi connectivity index (χ3n) is 2.15. The standard InChI is InChI=1S/C12H15NO2/c1-4-9(8-13)10-6-5-7-11(14-2)12(10)15-3/h5-7H,1,8,13H2,2-3H3. The van der Waals surface area contributed by atoms with E-state index in [1.54, 1.807) is 14.2 Å². The molecule has 0 fully saturated rings. The summed E-state index contributed by atoms with van der Waals surface area (Å²) in [5.74, 6) is 1.34. The largest absolute Gasteiger partial charge is 0.493 e. The van der Waals surface area contributed by atoms with Crippen molar-refractivity contribution in [2.45, 2.75) is 0 Å². The molecule has 0 amide bonds. The van der Waals surface area contributed by atoms with Crippen molar-refractivity contribution in [3.05, 3.63) is 36.1 Å². The summed E-state index contributed by atoms with van der Waals surface area (Å²) in [6, 6.07) is 5.62. The summed E-state index contributed by atoms with van der Waals surface area (Å²) in [6.45, 7) is 3.97. The highest BCUT2D eigenvalue weighted by molar-refractivity contribution is 5.73. The third kappa shape index (κ3) is 2.21. The minimum atomic E-state index is 0.368. The normalized spacial score (nSPS) is 9.27. The Morgan fingerprint density at radius 1 is 1.40 bits per heavy atom. The first-order valence-corrected chi connectivity index (χ1v) is 4.58. The predicted molar refractivity (Wildman–Crippen MR) is 61.1 cm³/mol. The van der Waals surface area contributed by atoms with Crippen LogP contribution in [0.1, 0.15) is 5.56 Å². The zero-order chi connectivity index (χ0) is 11.3. The summed E-state index contributed by atoms with van der Waals surface area (Å²) in [4.78, 5) is 0. The Kier molecular flexibility index (Phi) is 3.98. The Labute approximate surface area is 89.8 Å². The van der Waals surface area contributed by atoms with Gasteiger partial charge in [-0.25, -0.2) is 0 Å². The van der Waals surface area contributed by atoms with Crippen molar-refractivity contribution in [2.75, 3.05) is 20.8 Å². The van der Waals surface area contributed by atoms with Crippen molar-refractivity contribution in [3.8, 4) is 11.5 Å².